The van der Waals surface area contributed by atoms with Crippen molar-refractivity contribution in [3.05, 3.63) is 15.8 Å². The molecule has 6 heteroatoms. The van der Waals surface area contributed by atoms with Crippen molar-refractivity contribution < 1.29 is 8.42 Å². The van der Waals surface area contributed by atoms with Crippen LogP contribution in [0.15, 0.2) is 10.3 Å². The van der Waals surface area contributed by atoms with Crippen LogP contribution in [0.4, 0.5) is 0 Å². The zero-order valence-electron chi connectivity index (χ0n) is 12.8. The Hall–Kier alpha value is -0.430. The molecule has 0 aliphatic rings. The van der Waals surface area contributed by atoms with Gasteiger partial charge in [-0.05, 0) is 43.2 Å². The Kier molecular flexibility index (Phi) is 7.15. The third-order valence-electron chi connectivity index (χ3n) is 2.98. The second-order valence-electron chi connectivity index (χ2n) is 5.43. The van der Waals surface area contributed by atoms with E-state index < -0.39 is 10.0 Å². The third-order valence-corrected chi connectivity index (χ3v) is 5.91. The summed E-state index contributed by atoms with van der Waals surface area (Å²) in [6.45, 7) is 10.1. The average molecular weight is 319 g/mol. The molecule has 0 unspecified atom stereocenters. The summed E-state index contributed by atoms with van der Waals surface area (Å²) in [6, 6.07) is 0. The summed E-state index contributed by atoms with van der Waals surface area (Å²) in [6.07, 6.45) is 1.89. The van der Waals surface area contributed by atoms with Crippen molar-refractivity contribution in [2.24, 2.45) is 5.92 Å². The first-order valence-electron chi connectivity index (χ1n) is 7.15. The van der Waals surface area contributed by atoms with Crippen LogP contribution in [0.2, 0.25) is 0 Å². The summed E-state index contributed by atoms with van der Waals surface area (Å²) >= 11 is 1.51. The second-order valence-corrected chi connectivity index (χ2v) is 8.10. The first-order valence-corrected chi connectivity index (χ1v) is 9.52. The minimum atomic E-state index is -3.39. The highest BCUT2D eigenvalue weighted by molar-refractivity contribution is 7.89. The minimum absolute atomic E-state index is 0.467. The van der Waals surface area contributed by atoms with Crippen LogP contribution in [0.1, 0.15) is 44.1 Å². The molecular formula is C14H26N2O2S2. The summed E-state index contributed by atoms with van der Waals surface area (Å²) in [4.78, 5) is 1.36. The third kappa shape index (κ3) is 5.16. The van der Waals surface area contributed by atoms with Crippen molar-refractivity contribution in [1.29, 1.82) is 0 Å². The standard InChI is InChI=1S/C14H26N2O2S2/c1-5-7-15-9-13-14(12(4)10-19-13)20(17,18)16-8-6-11(2)3/h10-11,15-16H,5-9H2,1-4H3. The number of hydrogen-bond acceptors (Lipinski definition) is 4. The molecule has 2 N–H and O–H groups in total. The van der Waals surface area contributed by atoms with E-state index >= 15 is 0 Å². The fraction of sp³-hybridized carbons (Fsp3) is 0.714. The molecule has 0 atom stereocenters. The average Bonchev–Trinajstić information content (AvgIpc) is 2.71. The quantitative estimate of drug-likeness (QED) is 0.688. The van der Waals surface area contributed by atoms with E-state index in [1.165, 1.54) is 11.3 Å². The molecule has 0 aromatic carbocycles. The van der Waals surface area contributed by atoms with Gasteiger partial charge in [-0.2, -0.15) is 0 Å². The van der Waals surface area contributed by atoms with Crippen LogP contribution in [0.3, 0.4) is 0 Å². The maximum atomic E-state index is 12.4. The topological polar surface area (TPSA) is 58.2 Å². The van der Waals surface area contributed by atoms with Crippen LogP contribution in [0, 0.1) is 12.8 Å². The molecule has 0 saturated carbocycles. The van der Waals surface area contributed by atoms with E-state index in [2.05, 4.69) is 30.8 Å². The Labute approximate surface area is 127 Å². The van der Waals surface area contributed by atoms with Crippen molar-refractivity contribution in [2.45, 2.75) is 52.0 Å². The molecule has 1 aromatic rings. The minimum Gasteiger partial charge on any atom is -0.312 e. The summed E-state index contributed by atoms with van der Waals surface area (Å²) in [5.74, 6) is 0.493. The van der Waals surface area contributed by atoms with Gasteiger partial charge in [0, 0.05) is 18.0 Å². The molecule has 0 aliphatic heterocycles. The van der Waals surface area contributed by atoms with Crippen LogP contribution in [0.25, 0.3) is 0 Å². The molecule has 0 amide bonds. The smallest absolute Gasteiger partial charge is 0.241 e. The van der Waals surface area contributed by atoms with Crippen LogP contribution >= 0.6 is 11.3 Å². The van der Waals surface area contributed by atoms with Crippen LogP contribution in [-0.2, 0) is 16.6 Å². The van der Waals surface area contributed by atoms with Gasteiger partial charge in [0.1, 0.15) is 4.90 Å². The Morgan fingerprint density at radius 1 is 1.30 bits per heavy atom. The summed E-state index contributed by atoms with van der Waals surface area (Å²) in [7, 11) is -3.39. The van der Waals surface area contributed by atoms with E-state index in [1.807, 2.05) is 12.3 Å². The SMILES string of the molecule is CCCNCc1scc(C)c1S(=O)(=O)NCCC(C)C. The van der Waals surface area contributed by atoms with E-state index in [0.29, 0.717) is 23.9 Å². The van der Waals surface area contributed by atoms with E-state index in [0.717, 1.165) is 29.8 Å². The second kappa shape index (κ2) is 8.12. The summed E-state index contributed by atoms with van der Waals surface area (Å²) < 4.78 is 27.5. The lowest BCUT2D eigenvalue weighted by Crippen LogP contribution is -2.27. The fourth-order valence-electron chi connectivity index (χ4n) is 1.90. The van der Waals surface area contributed by atoms with E-state index in [1.54, 1.807) is 0 Å². The number of hydrogen-bond donors (Lipinski definition) is 2. The van der Waals surface area contributed by atoms with Crippen molar-refractivity contribution in [2.75, 3.05) is 13.1 Å². The van der Waals surface area contributed by atoms with Gasteiger partial charge in [-0.15, -0.1) is 11.3 Å². The van der Waals surface area contributed by atoms with E-state index in [4.69, 9.17) is 0 Å². The number of thiophene rings is 1. The molecule has 0 fully saturated rings. The molecule has 1 rings (SSSR count). The highest BCUT2D eigenvalue weighted by Gasteiger charge is 2.22. The molecule has 116 valence electrons. The van der Waals surface area contributed by atoms with Gasteiger partial charge in [-0.25, -0.2) is 13.1 Å². The van der Waals surface area contributed by atoms with Crippen molar-refractivity contribution >= 4 is 21.4 Å². The highest BCUT2D eigenvalue weighted by atomic mass is 32.2. The van der Waals surface area contributed by atoms with E-state index in [9.17, 15) is 8.42 Å². The highest BCUT2D eigenvalue weighted by Crippen LogP contribution is 2.26. The lowest BCUT2D eigenvalue weighted by Gasteiger charge is -2.10. The van der Waals surface area contributed by atoms with Crippen molar-refractivity contribution in [3.63, 3.8) is 0 Å². The Bertz CT molecular complexity index is 507. The van der Waals surface area contributed by atoms with Crippen LogP contribution < -0.4 is 10.0 Å². The van der Waals surface area contributed by atoms with Crippen molar-refractivity contribution in [3.8, 4) is 0 Å². The van der Waals surface area contributed by atoms with Crippen LogP contribution in [0.5, 0.6) is 0 Å². The largest absolute Gasteiger partial charge is 0.312 e. The molecule has 0 bridgehead atoms. The van der Waals surface area contributed by atoms with Gasteiger partial charge in [0.2, 0.25) is 10.0 Å². The zero-order chi connectivity index (χ0) is 15.2. The zero-order valence-corrected chi connectivity index (χ0v) is 14.5. The monoisotopic (exact) mass is 318 g/mol. The number of sulfonamides is 1. The molecular weight excluding hydrogens is 292 g/mol. The number of aryl methyl sites for hydroxylation is 1. The Morgan fingerprint density at radius 2 is 2.00 bits per heavy atom. The van der Waals surface area contributed by atoms with Gasteiger partial charge in [-0.3, -0.25) is 0 Å². The van der Waals surface area contributed by atoms with Crippen molar-refractivity contribution in [1.82, 2.24) is 10.0 Å². The van der Waals surface area contributed by atoms with Gasteiger partial charge in [0.15, 0.2) is 0 Å². The molecule has 0 radical (unpaired) electrons. The normalized spacial score (nSPS) is 12.2. The number of rotatable bonds is 9. The maximum absolute atomic E-state index is 12.4. The molecule has 0 aliphatic carbocycles. The van der Waals surface area contributed by atoms with E-state index in [-0.39, 0.29) is 0 Å². The molecule has 4 nitrogen and oxygen atoms in total. The fourth-order valence-corrected chi connectivity index (χ4v) is 4.73. The predicted molar refractivity (Wildman–Crippen MR) is 85.7 cm³/mol. The molecule has 1 heterocycles. The lowest BCUT2D eigenvalue weighted by atomic mass is 10.1. The molecule has 1 aromatic heterocycles. The molecule has 0 spiro atoms. The Balaban J connectivity index is 2.79. The first-order chi connectivity index (χ1) is 9.38. The number of nitrogens with one attached hydrogen (secondary N) is 2. The van der Waals surface area contributed by atoms with Crippen LogP contribution in [-0.4, -0.2) is 21.5 Å². The molecule has 20 heavy (non-hydrogen) atoms. The van der Waals surface area contributed by atoms with Gasteiger partial charge in [0.05, 0.1) is 0 Å². The Morgan fingerprint density at radius 3 is 2.60 bits per heavy atom. The first kappa shape index (κ1) is 17.6. The maximum Gasteiger partial charge on any atom is 0.241 e. The van der Waals surface area contributed by atoms with Gasteiger partial charge in [0.25, 0.3) is 0 Å². The summed E-state index contributed by atoms with van der Waals surface area (Å²) in [5.41, 5.74) is 0.834. The lowest BCUT2D eigenvalue weighted by molar-refractivity contribution is 0.550. The van der Waals surface area contributed by atoms with Gasteiger partial charge < -0.3 is 5.32 Å². The molecule has 0 saturated heterocycles. The van der Waals surface area contributed by atoms with Gasteiger partial charge >= 0.3 is 0 Å². The van der Waals surface area contributed by atoms with Gasteiger partial charge in [-0.1, -0.05) is 20.8 Å². The predicted octanol–water partition coefficient (Wildman–Crippen LogP) is 2.88. The summed E-state index contributed by atoms with van der Waals surface area (Å²) in [5, 5.41) is 5.19.